The molecule has 4 rings (SSSR count). The number of para-hydroxylation sites is 1. The summed E-state index contributed by atoms with van der Waals surface area (Å²) >= 11 is 0. The molecule has 0 fully saturated rings. The van der Waals surface area contributed by atoms with Crippen LogP contribution in [0, 0.1) is 0 Å². The van der Waals surface area contributed by atoms with Crippen LogP contribution in [0.1, 0.15) is 22.3 Å². The Labute approximate surface area is 169 Å². The summed E-state index contributed by atoms with van der Waals surface area (Å²) in [6, 6.07) is 13.7. The number of hydrogen-bond donors (Lipinski definition) is 3. The third-order valence-corrected chi connectivity index (χ3v) is 5.28. The topological polar surface area (TPSA) is 78.8 Å². The van der Waals surface area contributed by atoms with Gasteiger partial charge in [-0.2, -0.15) is 13.2 Å². The number of aromatic hydroxyl groups is 2. The molecule has 0 aliphatic carbocycles. The lowest BCUT2D eigenvalue weighted by atomic mass is 9.70. The number of hydrogen-bond acceptors (Lipinski definition) is 4. The Morgan fingerprint density at radius 2 is 1.60 bits per heavy atom. The van der Waals surface area contributed by atoms with E-state index in [2.05, 4.69) is 5.32 Å². The van der Waals surface area contributed by atoms with Gasteiger partial charge < -0.3 is 20.3 Å². The van der Waals surface area contributed by atoms with Crippen LogP contribution < -0.4 is 10.1 Å². The van der Waals surface area contributed by atoms with Crippen LogP contribution in [0.3, 0.4) is 0 Å². The molecule has 0 saturated heterocycles. The van der Waals surface area contributed by atoms with Gasteiger partial charge in [0.1, 0.15) is 11.2 Å². The van der Waals surface area contributed by atoms with E-state index in [-0.39, 0.29) is 16.8 Å². The van der Waals surface area contributed by atoms with Crippen LogP contribution in [0.15, 0.2) is 60.7 Å². The number of fused-ring (bicyclic) bond motifs is 1. The first kappa shape index (κ1) is 19.6. The highest BCUT2D eigenvalue weighted by Gasteiger charge is 2.52. The van der Waals surface area contributed by atoms with Crippen molar-refractivity contribution in [3.05, 3.63) is 82.9 Å². The van der Waals surface area contributed by atoms with Crippen molar-refractivity contribution in [2.45, 2.75) is 11.6 Å². The lowest BCUT2D eigenvalue weighted by Gasteiger charge is -2.29. The van der Waals surface area contributed by atoms with Crippen LogP contribution in [0.25, 0.3) is 0 Å². The average Bonchev–Trinajstić information content (AvgIpc) is 3.02. The maximum Gasteiger partial charge on any atom is 0.418 e. The zero-order chi connectivity index (χ0) is 21.7. The molecule has 1 unspecified atom stereocenters. The van der Waals surface area contributed by atoms with Gasteiger partial charge in [-0.05, 0) is 41.5 Å². The predicted molar refractivity (Wildman–Crippen MR) is 103 cm³/mol. The Morgan fingerprint density at radius 3 is 2.20 bits per heavy atom. The molecule has 0 saturated carbocycles. The monoisotopic (exact) mass is 415 g/mol. The molecule has 0 radical (unpaired) electrons. The fourth-order valence-electron chi connectivity index (χ4n) is 3.90. The van der Waals surface area contributed by atoms with Gasteiger partial charge >= 0.3 is 6.18 Å². The molecule has 8 heteroatoms. The van der Waals surface area contributed by atoms with Crippen molar-refractivity contribution in [1.82, 2.24) is 0 Å². The largest absolute Gasteiger partial charge is 0.504 e. The third-order valence-electron chi connectivity index (χ3n) is 5.28. The number of rotatable bonds is 3. The van der Waals surface area contributed by atoms with Crippen molar-refractivity contribution in [3.63, 3.8) is 0 Å². The molecule has 3 aromatic carbocycles. The van der Waals surface area contributed by atoms with Gasteiger partial charge in [0, 0.05) is 5.56 Å². The first-order chi connectivity index (χ1) is 14.2. The van der Waals surface area contributed by atoms with Crippen LogP contribution in [-0.2, 0) is 16.4 Å². The molecule has 1 atom stereocenters. The Hall–Kier alpha value is -3.68. The SMILES string of the molecule is COc1ccc(C2(c3ccc(O)c(O)c3)C(=O)Nc3c(C(F)(F)F)cccc32)cc1. The van der Waals surface area contributed by atoms with E-state index in [1.807, 2.05) is 0 Å². The van der Waals surface area contributed by atoms with Crippen LogP contribution >= 0.6 is 0 Å². The smallest absolute Gasteiger partial charge is 0.418 e. The number of phenols is 2. The number of halogens is 3. The van der Waals surface area contributed by atoms with E-state index in [0.29, 0.717) is 11.3 Å². The minimum Gasteiger partial charge on any atom is -0.504 e. The molecule has 1 aliphatic heterocycles. The van der Waals surface area contributed by atoms with Gasteiger partial charge in [0.15, 0.2) is 11.5 Å². The Morgan fingerprint density at radius 1 is 0.933 bits per heavy atom. The van der Waals surface area contributed by atoms with E-state index in [1.165, 1.54) is 37.4 Å². The lowest BCUT2D eigenvalue weighted by molar-refractivity contribution is -0.136. The van der Waals surface area contributed by atoms with Gasteiger partial charge in [0.05, 0.1) is 18.4 Å². The molecular weight excluding hydrogens is 399 g/mol. The third kappa shape index (κ3) is 2.75. The van der Waals surface area contributed by atoms with E-state index < -0.39 is 34.6 Å². The fourth-order valence-corrected chi connectivity index (χ4v) is 3.90. The number of methoxy groups -OCH3 is 1. The Kier molecular flexibility index (Phi) is 4.38. The molecule has 30 heavy (non-hydrogen) atoms. The molecule has 0 bridgehead atoms. The number of anilines is 1. The summed E-state index contributed by atoms with van der Waals surface area (Å²) in [7, 11) is 1.47. The summed E-state index contributed by atoms with van der Waals surface area (Å²) < 4.78 is 45.9. The van der Waals surface area contributed by atoms with E-state index in [4.69, 9.17) is 4.74 Å². The number of ether oxygens (including phenoxy) is 1. The van der Waals surface area contributed by atoms with Crippen LogP contribution in [0.5, 0.6) is 17.2 Å². The predicted octanol–water partition coefficient (Wildman–Crippen LogP) is 4.41. The highest BCUT2D eigenvalue weighted by Crippen LogP contribution is 2.52. The number of phenolic OH excluding ortho intramolecular Hbond substituents is 2. The fraction of sp³-hybridized carbons (Fsp3) is 0.136. The van der Waals surface area contributed by atoms with Gasteiger partial charge in [-0.3, -0.25) is 4.79 Å². The van der Waals surface area contributed by atoms with Gasteiger partial charge in [0.2, 0.25) is 5.91 Å². The first-order valence-corrected chi connectivity index (χ1v) is 8.88. The van der Waals surface area contributed by atoms with Gasteiger partial charge in [-0.25, -0.2) is 0 Å². The molecule has 1 heterocycles. The second-order valence-electron chi connectivity index (χ2n) is 6.86. The minimum absolute atomic E-state index is 0.0950. The number of amides is 1. The zero-order valence-electron chi connectivity index (χ0n) is 15.6. The summed E-state index contributed by atoms with van der Waals surface area (Å²) in [6.45, 7) is 0. The van der Waals surface area contributed by atoms with Crippen molar-refractivity contribution >= 4 is 11.6 Å². The molecule has 0 spiro atoms. The number of nitrogens with one attached hydrogen (secondary N) is 1. The summed E-state index contributed by atoms with van der Waals surface area (Å²) in [4.78, 5) is 13.3. The maximum atomic E-state index is 13.6. The Bertz CT molecular complexity index is 1140. The maximum absolute atomic E-state index is 13.6. The summed E-state index contributed by atoms with van der Waals surface area (Å²) in [5.74, 6) is -1.10. The van der Waals surface area contributed by atoms with Crippen molar-refractivity contribution in [2.24, 2.45) is 0 Å². The molecule has 3 aromatic rings. The summed E-state index contributed by atoms with van der Waals surface area (Å²) in [5.41, 5.74) is -2.29. The summed E-state index contributed by atoms with van der Waals surface area (Å²) in [5, 5.41) is 22.1. The second-order valence-corrected chi connectivity index (χ2v) is 6.86. The summed E-state index contributed by atoms with van der Waals surface area (Å²) in [6.07, 6.45) is -4.67. The molecule has 0 aromatic heterocycles. The molecule has 154 valence electrons. The quantitative estimate of drug-likeness (QED) is 0.554. The van der Waals surface area contributed by atoms with Gasteiger partial charge in [0.25, 0.3) is 0 Å². The number of carbonyl (C=O) groups excluding carboxylic acids is 1. The molecule has 1 aliphatic rings. The number of benzene rings is 3. The van der Waals surface area contributed by atoms with E-state index in [0.717, 1.165) is 6.07 Å². The highest BCUT2D eigenvalue weighted by atomic mass is 19.4. The average molecular weight is 415 g/mol. The van der Waals surface area contributed by atoms with Crippen LogP contribution in [0.2, 0.25) is 0 Å². The number of carbonyl (C=O) groups is 1. The normalized spacial score (nSPS) is 18.1. The van der Waals surface area contributed by atoms with Crippen LogP contribution in [-0.4, -0.2) is 23.2 Å². The van der Waals surface area contributed by atoms with E-state index in [1.54, 1.807) is 24.3 Å². The van der Waals surface area contributed by atoms with Crippen molar-refractivity contribution < 1.29 is 32.9 Å². The van der Waals surface area contributed by atoms with Crippen molar-refractivity contribution in [3.8, 4) is 17.2 Å². The Balaban J connectivity index is 2.07. The minimum atomic E-state index is -4.67. The van der Waals surface area contributed by atoms with E-state index >= 15 is 0 Å². The molecule has 3 N–H and O–H groups in total. The van der Waals surface area contributed by atoms with Crippen LogP contribution in [0.4, 0.5) is 18.9 Å². The second kappa shape index (κ2) is 6.69. The zero-order valence-corrected chi connectivity index (χ0v) is 15.6. The molecular formula is C22H16F3NO4. The molecule has 1 amide bonds. The van der Waals surface area contributed by atoms with Crippen molar-refractivity contribution in [2.75, 3.05) is 12.4 Å². The molecule has 5 nitrogen and oxygen atoms in total. The van der Waals surface area contributed by atoms with Gasteiger partial charge in [-0.15, -0.1) is 0 Å². The van der Waals surface area contributed by atoms with E-state index in [9.17, 15) is 28.2 Å². The number of alkyl halides is 3. The standard InChI is InChI=1S/C22H16F3NO4/c1-30-14-8-5-12(6-9-14)21(13-7-10-17(27)18(28)11-13)15-3-2-4-16(22(23,24)25)19(15)26-20(21)29/h2-11,27-28H,1H3,(H,26,29). The lowest BCUT2D eigenvalue weighted by Crippen LogP contribution is -2.36. The first-order valence-electron chi connectivity index (χ1n) is 8.88. The van der Waals surface area contributed by atoms with Crippen molar-refractivity contribution in [1.29, 1.82) is 0 Å². The van der Waals surface area contributed by atoms with Gasteiger partial charge in [-0.1, -0.05) is 30.3 Å². The highest BCUT2D eigenvalue weighted by molar-refractivity contribution is 6.12.